The Morgan fingerprint density at radius 3 is 2.71 bits per heavy atom. The first-order valence-electron chi connectivity index (χ1n) is 6.15. The fraction of sp³-hybridized carbons (Fsp3) is 0.133. The molecule has 0 radical (unpaired) electrons. The summed E-state index contributed by atoms with van der Waals surface area (Å²) < 4.78 is 20.6. The molecule has 3 rings (SSSR count). The van der Waals surface area contributed by atoms with Gasteiger partial charge in [-0.05, 0) is 41.5 Å². The van der Waals surface area contributed by atoms with Crippen LogP contribution in [0.4, 0.5) is 4.39 Å². The van der Waals surface area contributed by atoms with Crippen LogP contribution in [0.25, 0.3) is 11.1 Å². The normalized spacial score (nSPS) is 12.8. The summed E-state index contributed by atoms with van der Waals surface area (Å²) in [7, 11) is 1.63. The standard InChI is InChI=1S/C15H10BrClFNO2/c1-19-12-3-2-8(6-13(12)21-15(19)20)14(17)9-4-10(16)7-11(18)5-9/h2-7,14H,1H3. The van der Waals surface area contributed by atoms with Crippen molar-refractivity contribution in [2.24, 2.45) is 7.05 Å². The molecule has 0 spiro atoms. The van der Waals surface area contributed by atoms with E-state index in [1.165, 1.54) is 16.7 Å². The second-order valence-corrected chi connectivity index (χ2v) is 6.07. The number of hydrogen-bond acceptors (Lipinski definition) is 2. The van der Waals surface area contributed by atoms with Crippen LogP contribution in [-0.2, 0) is 7.05 Å². The Morgan fingerprint density at radius 2 is 2.00 bits per heavy atom. The van der Waals surface area contributed by atoms with Crippen molar-refractivity contribution in [1.82, 2.24) is 4.57 Å². The fourth-order valence-corrected chi connectivity index (χ4v) is 2.97. The zero-order valence-corrected chi connectivity index (χ0v) is 13.3. The average Bonchev–Trinajstić information content (AvgIpc) is 2.71. The van der Waals surface area contributed by atoms with E-state index < -0.39 is 11.1 Å². The Hall–Kier alpha value is -1.59. The summed E-state index contributed by atoms with van der Waals surface area (Å²) >= 11 is 9.65. The van der Waals surface area contributed by atoms with Gasteiger partial charge in [-0.15, -0.1) is 11.6 Å². The zero-order chi connectivity index (χ0) is 15.1. The number of alkyl halides is 1. The lowest BCUT2D eigenvalue weighted by atomic mass is 10.0. The highest BCUT2D eigenvalue weighted by molar-refractivity contribution is 9.10. The number of hydrogen-bond donors (Lipinski definition) is 0. The lowest BCUT2D eigenvalue weighted by Gasteiger charge is -2.11. The quantitative estimate of drug-likeness (QED) is 0.628. The fourth-order valence-electron chi connectivity index (χ4n) is 2.22. The van der Waals surface area contributed by atoms with Crippen LogP contribution in [0.5, 0.6) is 0 Å². The average molecular weight is 371 g/mol. The van der Waals surface area contributed by atoms with E-state index in [0.29, 0.717) is 21.1 Å². The van der Waals surface area contributed by atoms with E-state index in [4.69, 9.17) is 16.0 Å². The summed E-state index contributed by atoms with van der Waals surface area (Å²) in [6.45, 7) is 0. The van der Waals surface area contributed by atoms with Gasteiger partial charge in [0, 0.05) is 11.5 Å². The first-order chi connectivity index (χ1) is 9.95. The molecule has 1 unspecified atom stereocenters. The largest absolute Gasteiger partial charge is 0.419 e. The lowest BCUT2D eigenvalue weighted by molar-refractivity contribution is 0.528. The molecular formula is C15H10BrClFNO2. The minimum Gasteiger partial charge on any atom is -0.408 e. The molecule has 6 heteroatoms. The molecule has 0 saturated heterocycles. The molecule has 0 saturated carbocycles. The molecule has 1 atom stereocenters. The molecule has 1 aromatic heterocycles. The molecule has 1 heterocycles. The predicted molar refractivity (Wildman–Crippen MR) is 83.3 cm³/mol. The van der Waals surface area contributed by atoms with Crippen LogP contribution < -0.4 is 5.76 Å². The van der Waals surface area contributed by atoms with Gasteiger partial charge in [0.25, 0.3) is 0 Å². The van der Waals surface area contributed by atoms with Crippen molar-refractivity contribution in [3.05, 3.63) is 68.4 Å². The van der Waals surface area contributed by atoms with E-state index in [1.54, 1.807) is 31.3 Å². The summed E-state index contributed by atoms with van der Waals surface area (Å²) in [4.78, 5) is 11.5. The maximum atomic E-state index is 13.5. The summed E-state index contributed by atoms with van der Waals surface area (Å²) in [5.74, 6) is -0.792. The van der Waals surface area contributed by atoms with Crippen LogP contribution in [0.15, 0.2) is 50.1 Å². The van der Waals surface area contributed by atoms with Gasteiger partial charge < -0.3 is 4.42 Å². The Balaban J connectivity index is 2.08. The topological polar surface area (TPSA) is 35.1 Å². The van der Waals surface area contributed by atoms with E-state index in [1.807, 2.05) is 0 Å². The number of aromatic nitrogens is 1. The Kier molecular flexibility index (Phi) is 3.63. The maximum absolute atomic E-state index is 13.5. The highest BCUT2D eigenvalue weighted by atomic mass is 79.9. The van der Waals surface area contributed by atoms with Crippen LogP contribution in [0.1, 0.15) is 16.5 Å². The Morgan fingerprint density at radius 1 is 1.24 bits per heavy atom. The first-order valence-corrected chi connectivity index (χ1v) is 7.38. The van der Waals surface area contributed by atoms with Crippen molar-refractivity contribution in [1.29, 1.82) is 0 Å². The summed E-state index contributed by atoms with van der Waals surface area (Å²) in [5.41, 5.74) is 2.51. The van der Waals surface area contributed by atoms with Crippen molar-refractivity contribution < 1.29 is 8.81 Å². The van der Waals surface area contributed by atoms with Crippen molar-refractivity contribution >= 4 is 38.6 Å². The number of aryl methyl sites for hydroxylation is 1. The summed E-state index contributed by atoms with van der Waals surface area (Å²) in [5, 5.41) is -0.535. The van der Waals surface area contributed by atoms with Gasteiger partial charge in [0.05, 0.1) is 10.9 Å². The van der Waals surface area contributed by atoms with Gasteiger partial charge in [-0.2, -0.15) is 0 Å². The monoisotopic (exact) mass is 369 g/mol. The highest BCUT2D eigenvalue weighted by Crippen LogP contribution is 2.32. The smallest absolute Gasteiger partial charge is 0.408 e. The molecule has 3 nitrogen and oxygen atoms in total. The molecule has 3 aromatic rings. The van der Waals surface area contributed by atoms with Crippen LogP contribution in [0.2, 0.25) is 0 Å². The van der Waals surface area contributed by atoms with Crippen molar-refractivity contribution in [3.63, 3.8) is 0 Å². The third kappa shape index (κ3) is 2.63. The van der Waals surface area contributed by atoms with Crippen molar-refractivity contribution in [2.45, 2.75) is 5.38 Å². The van der Waals surface area contributed by atoms with Crippen LogP contribution in [-0.4, -0.2) is 4.57 Å². The second-order valence-electron chi connectivity index (χ2n) is 4.72. The van der Waals surface area contributed by atoms with Gasteiger partial charge in [0.1, 0.15) is 5.82 Å². The molecule has 108 valence electrons. The van der Waals surface area contributed by atoms with Crippen LogP contribution in [0, 0.1) is 5.82 Å². The predicted octanol–water partition coefficient (Wildman–Crippen LogP) is 4.36. The molecule has 0 amide bonds. The molecule has 0 aliphatic heterocycles. The molecule has 2 aromatic carbocycles. The number of fused-ring (bicyclic) bond motifs is 1. The maximum Gasteiger partial charge on any atom is 0.419 e. The molecule has 0 fully saturated rings. The third-order valence-corrected chi connectivity index (χ3v) is 4.25. The summed E-state index contributed by atoms with van der Waals surface area (Å²) in [6.07, 6.45) is 0. The van der Waals surface area contributed by atoms with Gasteiger partial charge >= 0.3 is 5.76 Å². The van der Waals surface area contributed by atoms with E-state index in [9.17, 15) is 9.18 Å². The summed E-state index contributed by atoms with van der Waals surface area (Å²) in [6, 6.07) is 9.77. The van der Waals surface area contributed by atoms with Gasteiger partial charge in [0.15, 0.2) is 5.58 Å². The molecule has 21 heavy (non-hydrogen) atoms. The van der Waals surface area contributed by atoms with E-state index in [-0.39, 0.29) is 5.82 Å². The number of benzene rings is 2. The van der Waals surface area contributed by atoms with Gasteiger partial charge in [-0.3, -0.25) is 4.57 Å². The van der Waals surface area contributed by atoms with Crippen LogP contribution in [0.3, 0.4) is 0 Å². The van der Waals surface area contributed by atoms with Gasteiger partial charge in [-0.25, -0.2) is 9.18 Å². The SMILES string of the molecule is Cn1c(=O)oc2cc(C(Cl)c3cc(F)cc(Br)c3)ccc21. The Bertz CT molecular complexity index is 867. The van der Waals surface area contributed by atoms with E-state index in [2.05, 4.69) is 15.9 Å². The molecule has 0 aliphatic rings. The number of rotatable bonds is 2. The van der Waals surface area contributed by atoms with Gasteiger partial charge in [-0.1, -0.05) is 22.0 Å². The molecule has 0 bridgehead atoms. The van der Waals surface area contributed by atoms with Crippen molar-refractivity contribution in [2.75, 3.05) is 0 Å². The Labute approximate surface area is 133 Å². The first kappa shape index (κ1) is 14.4. The number of nitrogens with zero attached hydrogens (tertiary/aromatic N) is 1. The van der Waals surface area contributed by atoms with Crippen molar-refractivity contribution in [3.8, 4) is 0 Å². The minimum absolute atomic E-state index is 0.364. The lowest BCUT2D eigenvalue weighted by Crippen LogP contribution is -2.08. The number of oxazole rings is 1. The minimum atomic E-state index is -0.535. The van der Waals surface area contributed by atoms with Crippen LogP contribution >= 0.6 is 27.5 Å². The zero-order valence-electron chi connectivity index (χ0n) is 10.9. The van der Waals surface area contributed by atoms with E-state index >= 15 is 0 Å². The highest BCUT2D eigenvalue weighted by Gasteiger charge is 2.15. The molecule has 0 aliphatic carbocycles. The number of halogens is 3. The molecule has 0 N–H and O–H groups in total. The van der Waals surface area contributed by atoms with E-state index in [0.717, 1.165) is 5.56 Å². The second kappa shape index (κ2) is 5.31. The van der Waals surface area contributed by atoms with Gasteiger partial charge in [0.2, 0.25) is 0 Å². The molecular weight excluding hydrogens is 361 g/mol. The third-order valence-electron chi connectivity index (χ3n) is 3.29.